The Bertz CT molecular complexity index is 511. The van der Waals surface area contributed by atoms with Gasteiger partial charge in [0.15, 0.2) is 0 Å². The molecule has 0 radical (unpaired) electrons. The summed E-state index contributed by atoms with van der Waals surface area (Å²) >= 11 is 5.98. The lowest BCUT2D eigenvalue weighted by Gasteiger charge is -2.21. The van der Waals surface area contributed by atoms with Crippen molar-refractivity contribution in [2.75, 3.05) is 27.4 Å². The Labute approximate surface area is 137 Å². The summed E-state index contributed by atoms with van der Waals surface area (Å²) in [5.41, 5.74) is 0.0625. The second-order valence-electron chi connectivity index (χ2n) is 4.60. The first kappa shape index (κ1) is 19.5. The molecule has 4 N–H and O–H groups in total. The van der Waals surface area contributed by atoms with E-state index in [1.54, 1.807) is 0 Å². The van der Waals surface area contributed by atoms with Crippen molar-refractivity contribution in [1.29, 1.82) is 0 Å². The van der Waals surface area contributed by atoms with Crippen LogP contribution in [-0.2, 0) is 4.74 Å². The maximum atomic E-state index is 12.0. The molecule has 0 spiro atoms. The lowest BCUT2D eigenvalue weighted by Crippen LogP contribution is -2.42. The zero-order valence-electron chi connectivity index (χ0n) is 12.6. The predicted molar refractivity (Wildman–Crippen MR) is 79.9 cm³/mol. The van der Waals surface area contributed by atoms with Crippen LogP contribution >= 0.6 is 11.6 Å². The Morgan fingerprint density at radius 3 is 2.09 bits per heavy atom. The van der Waals surface area contributed by atoms with Gasteiger partial charge in [-0.1, -0.05) is 11.6 Å². The molecule has 0 unspecified atom stereocenters. The molecule has 23 heavy (non-hydrogen) atoms. The number of ether oxygens (including phenoxy) is 3. The van der Waals surface area contributed by atoms with Crippen molar-refractivity contribution in [3.05, 3.63) is 22.7 Å². The van der Waals surface area contributed by atoms with E-state index in [1.165, 1.54) is 26.4 Å². The summed E-state index contributed by atoms with van der Waals surface area (Å²) < 4.78 is 14.9. The highest BCUT2D eigenvalue weighted by molar-refractivity contribution is 6.33. The second-order valence-corrected chi connectivity index (χ2v) is 4.98. The van der Waals surface area contributed by atoms with Gasteiger partial charge in [-0.3, -0.25) is 0 Å². The first-order valence-corrected chi connectivity index (χ1v) is 6.97. The number of hydrogen-bond acceptors (Lipinski definition) is 8. The van der Waals surface area contributed by atoms with Gasteiger partial charge in [0.1, 0.15) is 41.4 Å². The molecule has 3 atom stereocenters. The molecule has 1 aromatic rings. The van der Waals surface area contributed by atoms with Gasteiger partial charge in [-0.05, 0) is 12.1 Å². The third kappa shape index (κ3) is 4.95. The fourth-order valence-corrected chi connectivity index (χ4v) is 1.96. The number of rotatable bonds is 8. The average Bonchev–Trinajstić information content (AvgIpc) is 2.57. The van der Waals surface area contributed by atoms with Crippen LogP contribution in [-0.4, -0.2) is 72.1 Å². The minimum absolute atomic E-state index is 0.0625. The second kappa shape index (κ2) is 8.90. The third-order valence-electron chi connectivity index (χ3n) is 3.04. The predicted octanol–water partition coefficient (Wildman–Crippen LogP) is -0.411. The lowest BCUT2D eigenvalue weighted by atomic mass is 10.1. The van der Waals surface area contributed by atoms with E-state index < -0.39 is 37.5 Å². The average molecular weight is 351 g/mol. The van der Waals surface area contributed by atoms with Crippen LogP contribution in [0.1, 0.15) is 10.4 Å². The first-order chi connectivity index (χ1) is 10.8. The first-order valence-electron chi connectivity index (χ1n) is 6.59. The fourth-order valence-electron chi connectivity index (χ4n) is 1.69. The van der Waals surface area contributed by atoms with Crippen molar-refractivity contribution in [1.82, 2.24) is 0 Å². The van der Waals surface area contributed by atoms with E-state index in [9.17, 15) is 20.1 Å². The van der Waals surface area contributed by atoms with Crippen molar-refractivity contribution in [3.8, 4) is 11.5 Å². The van der Waals surface area contributed by atoms with E-state index in [1.807, 2.05) is 0 Å². The van der Waals surface area contributed by atoms with Crippen LogP contribution in [0.25, 0.3) is 0 Å². The van der Waals surface area contributed by atoms with Crippen molar-refractivity contribution in [2.24, 2.45) is 0 Å². The Hall–Kier alpha value is -1.58. The van der Waals surface area contributed by atoms with Crippen LogP contribution in [0.3, 0.4) is 0 Å². The molecule has 0 bridgehead atoms. The van der Waals surface area contributed by atoms with Gasteiger partial charge in [-0.25, -0.2) is 4.79 Å². The molecule has 8 nitrogen and oxygen atoms in total. The van der Waals surface area contributed by atoms with Gasteiger partial charge in [0.25, 0.3) is 0 Å². The molecule has 0 amide bonds. The van der Waals surface area contributed by atoms with E-state index in [4.69, 9.17) is 30.9 Å². The molecular weight excluding hydrogens is 332 g/mol. The number of benzene rings is 1. The summed E-state index contributed by atoms with van der Waals surface area (Å²) in [6, 6.07) is 2.66. The maximum absolute atomic E-state index is 12.0. The van der Waals surface area contributed by atoms with Gasteiger partial charge in [-0.2, -0.15) is 0 Å². The lowest BCUT2D eigenvalue weighted by molar-refractivity contribution is -0.0925. The normalized spacial score (nSPS) is 14.7. The van der Waals surface area contributed by atoms with Gasteiger partial charge < -0.3 is 34.6 Å². The summed E-state index contributed by atoms with van der Waals surface area (Å²) in [5.74, 6) is -0.411. The molecule has 0 aliphatic rings. The quantitative estimate of drug-likeness (QED) is 0.466. The molecule has 0 fully saturated rings. The molecular formula is C14H19ClO8. The highest BCUT2D eigenvalue weighted by atomic mass is 35.5. The van der Waals surface area contributed by atoms with Crippen LogP contribution in [0.4, 0.5) is 0 Å². The summed E-state index contributed by atoms with van der Waals surface area (Å²) in [6.07, 6.45) is -4.75. The number of esters is 1. The van der Waals surface area contributed by atoms with E-state index in [0.717, 1.165) is 0 Å². The third-order valence-corrected chi connectivity index (χ3v) is 3.41. The van der Waals surface area contributed by atoms with Crippen LogP contribution in [0, 0.1) is 0 Å². The molecule has 9 heteroatoms. The van der Waals surface area contributed by atoms with Gasteiger partial charge in [0.2, 0.25) is 0 Å². The topological polar surface area (TPSA) is 126 Å². The highest BCUT2D eigenvalue weighted by Gasteiger charge is 2.26. The smallest absolute Gasteiger partial charge is 0.338 e. The number of halogens is 1. The summed E-state index contributed by atoms with van der Waals surface area (Å²) in [4.78, 5) is 12.0. The Morgan fingerprint density at radius 2 is 1.65 bits per heavy atom. The highest BCUT2D eigenvalue weighted by Crippen LogP contribution is 2.35. The van der Waals surface area contributed by atoms with Crippen molar-refractivity contribution in [2.45, 2.75) is 18.3 Å². The van der Waals surface area contributed by atoms with Gasteiger partial charge >= 0.3 is 5.97 Å². The molecule has 0 saturated heterocycles. The number of aliphatic hydroxyl groups is 4. The molecule has 0 saturated carbocycles. The zero-order valence-corrected chi connectivity index (χ0v) is 13.4. The van der Waals surface area contributed by atoms with Crippen molar-refractivity contribution < 1.29 is 39.4 Å². The fraction of sp³-hybridized carbons (Fsp3) is 0.500. The number of carbonyl (C=O) groups excluding carboxylic acids is 1. The molecule has 1 rings (SSSR count). The SMILES string of the molecule is COc1cc(C(=O)OC[C@H](O)[C@@H](O)[C@@H](O)CO)cc(OC)c1Cl. The summed E-state index contributed by atoms with van der Waals surface area (Å²) in [5, 5.41) is 37.1. The molecule has 0 aliphatic heterocycles. The van der Waals surface area contributed by atoms with E-state index in [-0.39, 0.29) is 22.1 Å². The van der Waals surface area contributed by atoms with Gasteiger partial charge in [0.05, 0.1) is 26.4 Å². The van der Waals surface area contributed by atoms with Crippen LogP contribution in [0.2, 0.25) is 5.02 Å². The number of carbonyl (C=O) groups is 1. The molecule has 130 valence electrons. The molecule has 0 aliphatic carbocycles. The van der Waals surface area contributed by atoms with E-state index in [2.05, 4.69) is 0 Å². The van der Waals surface area contributed by atoms with Gasteiger partial charge in [-0.15, -0.1) is 0 Å². The number of methoxy groups -OCH3 is 2. The molecule has 1 aromatic carbocycles. The maximum Gasteiger partial charge on any atom is 0.338 e. The Balaban J connectivity index is 2.79. The van der Waals surface area contributed by atoms with Crippen LogP contribution < -0.4 is 9.47 Å². The largest absolute Gasteiger partial charge is 0.495 e. The van der Waals surface area contributed by atoms with Crippen LogP contribution in [0.5, 0.6) is 11.5 Å². The van der Waals surface area contributed by atoms with E-state index in [0.29, 0.717) is 0 Å². The summed E-state index contributed by atoms with van der Waals surface area (Å²) in [7, 11) is 2.73. The zero-order chi connectivity index (χ0) is 17.6. The monoisotopic (exact) mass is 350 g/mol. The Morgan fingerprint density at radius 1 is 1.13 bits per heavy atom. The van der Waals surface area contributed by atoms with Crippen LogP contribution in [0.15, 0.2) is 12.1 Å². The van der Waals surface area contributed by atoms with Gasteiger partial charge in [0, 0.05) is 0 Å². The van der Waals surface area contributed by atoms with Crippen molar-refractivity contribution in [3.63, 3.8) is 0 Å². The minimum atomic E-state index is -1.65. The van der Waals surface area contributed by atoms with Crippen molar-refractivity contribution >= 4 is 17.6 Å². The van der Waals surface area contributed by atoms with E-state index >= 15 is 0 Å². The Kier molecular flexibility index (Phi) is 7.53. The standard InChI is InChI=1S/C14H19ClO8/c1-21-10-3-7(4-11(22-2)12(10)15)14(20)23-6-9(18)13(19)8(17)5-16/h3-4,8-9,13,16-19H,5-6H2,1-2H3/t8-,9-,13-/m0/s1. The number of hydrogen-bond donors (Lipinski definition) is 4. The molecule has 0 aromatic heterocycles. The molecule has 0 heterocycles. The minimum Gasteiger partial charge on any atom is -0.495 e. The summed E-state index contributed by atoms with van der Waals surface area (Å²) in [6.45, 7) is -1.32. The number of aliphatic hydroxyl groups excluding tert-OH is 4.